The number of hydrogen-bond donors (Lipinski definition) is 0. The molecule has 0 aliphatic rings. The van der Waals surface area contributed by atoms with Gasteiger partial charge in [-0.05, 0) is 109 Å². The van der Waals surface area contributed by atoms with Gasteiger partial charge in [-0.25, -0.2) is 9.97 Å². The molecule has 2 heterocycles. The number of ether oxygens (including phenoxy) is 1. The molecular formula is C55H27Cl16N3O. The first kappa shape index (κ1) is 56.8. The Kier molecular flexibility index (Phi) is 18.0. The number of methoxy groups -OCH3 is 1. The SMILES string of the molecule is COc1ccc(N(c2ccc(-c3cc(Cl)c(C(c4c(Cl)cc(Cl)cc4Cl)c4c(Cl)cc(Cl)cc4Cl)c(Cl)n3)cc2)c2ccc(-c3cc(Cl)c(C(c4c(Cl)cc(Cl)cc4Cl)c4c(Cl)cc(Cl)cc4Cl)c(Cl)n3)cc2)cc1. The van der Waals surface area contributed by atoms with Gasteiger partial charge in [0.15, 0.2) is 0 Å². The molecule has 0 saturated heterocycles. The molecule has 0 fully saturated rings. The Bertz CT molecular complexity index is 3220. The van der Waals surface area contributed by atoms with Crippen molar-refractivity contribution < 1.29 is 4.74 Å². The van der Waals surface area contributed by atoms with Crippen LogP contribution in [0.15, 0.2) is 133 Å². The highest BCUT2D eigenvalue weighted by Gasteiger charge is 2.34. The highest BCUT2D eigenvalue weighted by atomic mass is 35.5. The van der Waals surface area contributed by atoms with Crippen LogP contribution in [0, 0.1) is 0 Å². The van der Waals surface area contributed by atoms with Crippen LogP contribution in [0.3, 0.4) is 0 Å². The monoisotopic (exact) mass is 1300 g/mol. The molecule has 0 amide bonds. The first-order chi connectivity index (χ1) is 35.7. The predicted octanol–water partition coefficient (Wildman–Crippen LogP) is 24.1. The van der Waals surface area contributed by atoms with Gasteiger partial charge in [-0.1, -0.05) is 210 Å². The lowest BCUT2D eigenvalue weighted by atomic mass is 9.85. The van der Waals surface area contributed by atoms with Crippen LogP contribution < -0.4 is 9.64 Å². The Morgan fingerprint density at radius 1 is 0.320 bits per heavy atom. The van der Waals surface area contributed by atoms with E-state index in [1.807, 2.05) is 72.8 Å². The van der Waals surface area contributed by atoms with Gasteiger partial charge in [-0.15, -0.1) is 0 Å². The molecule has 0 N–H and O–H groups in total. The van der Waals surface area contributed by atoms with Crippen molar-refractivity contribution in [3.8, 4) is 28.3 Å². The van der Waals surface area contributed by atoms with E-state index < -0.39 is 11.8 Å². The van der Waals surface area contributed by atoms with E-state index in [0.29, 0.717) is 81.7 Å². The van der Waals surface area contributed by atoms with Gasteiger partial charge in [0.05, 0.1) is 18.5 Å². The van der Waals surface area contributed by atoms with Crippen molar-refractivity contribution in [1.82, 2.24) is 9.97 Å². The van der Waals surface area contributed by atoms with Gasteiger partial charge >= 0.3 is 0 Å². The van der Waals surface area contributed by atoms with E-state index in [9.17, 15) is 0 Å². The molecule has 75 heavy (non-hydrogen) atoms. The zero-order valence-electron chi connectivity index (χ0n) is 37.7. The maximum atomic E-state index is 7.18. The van der Waals surface area contributed by atoms with E-state index in [1.54, 1.807) is 67.8 Å². The molecule has 20 heteroatoms. The van der Waals surface area contributed by atoms with Crippen LogP contribution in [0.25, 0.3) is 22.5 Å². The summed E-state index contributed by atoms with van der Waals surface area (Å²) in [5.41, 5.74) is 7.11. The van der Waals surface area contributed by atoms with Crippen LogP contribution in [0.2, 0.25) is 80.6 Å². The number of aromatic nitrogens is 2. The van der Waals surface area contributed by atoms with E-state index in [1.165, 1.54) is 0 Å². The summed E-state index contributed by atoms with van der Waals surface area (Å²) in [6.45, 7) is 0. The summed E-state index contributed by atoms with van der Waals surface area (Å²) in [7, 11) is 1.61. The van der Waals surface area contributed by atoms with Crippen molar-refractivity contribution in [2.75, 3.05) is 12.0 Å². The van der Waals surface area contributed by atoms with Crippen molar-refractivity contribution in [2.24, 2.45) is 0 Å². The highest BCUT2D eigenvalue weighted by molar-refractivity contribution is 6.44. The zero-order chi connectivity index (χ0) is 53.7. The van der Waals surface area contributed by atoms with Crippen molar-refractivity contribution in [3.05, 3.63) is 247 Å². The average Bonchev–Trinajstić information content (AvgIpc) is 3.33. The molecule has 0 saturated carbocycles. The first-order valence-electron chi connectivity index (χ1n) is 21.7. The minimum atomic E-state index is -0.886. The van der Waals surface area contributed by atoms with Crippen LogP contribution in [0.5, 0.6) is 5.75 Å². The van der Waals surface area contributed by atoms with Crippen molar-refractivity contribution in [1.29, 1.82) is 0 Å². The Morgan fingerprint density at radius 2 is 0.560 bits per heavy atom. The normalized spacial score (nSPS) is 11.5. The number of anilines is 3. The van der Waals surface area contributed by atoms with E-state index in [2.05, 4.69) is 4.90 Å². The second kappa shape index (κ2) is 23.8. The Labute approximate surface area is 511 Å². The molecular weight excluding hydrogens is 1290 g/mol. The van der Waals surface area contributed by atoms with Crippen LogP contribution in [0.1, 0.15) is 45.2 Å². The van der Waals surface area contributed by atoms with Crippen molar-refractivity contribution in [3.63, 3.8) is 0 Å². The second-order valence-electron chi connectivity index (χ2n) is 16.5. The number of nitrogens with zero attached hydrogens (tertiary/aromatic N) is 3. The smallest absolute Gasteiger partial charge is 0.135 e. The summed E-state index contributed by atoms with van der Waals surface area (Å²) in [6.07, 6.45) is 0. The Hall–Kier alpha value is -2.92. The van der Waals surface area contributed by atoms with Crippen LogP contribution in [-0.4, -0.2) is 17.1 Å². The number of hydrogen-bond acceptors (Lipinski definition) is 4. The van der Waals surface area contributed by atoms with E-state index >= 15 is 0 Å². The molecule has 0 atom stereocenters. The minimum Gasteiger partial charge on any atom is -0.497 e. The lowest BCUT2D eigenvalue weighted by Crippen LogP contribution is -2.10. The standard InChI is InChI=1S/C55H27Cl16N3O/c1-75-33-12-10-32(11-13-33)74(30-6-2-24(3-7-30)44-22-42(68)50(54(70)72-44)52(46-34(60)14-26(56)15-35(46)61)47-36(62)16-27(57)17-37(47)63)31-8-4-25(5-9-31)45-23-43(69)51(55(71)73-45)53(48-38(64)18-28(58)19-39(48)65)49-40(66)20-29(59)21-41(49)67/h2-23,52-53H,1H3. The lowest BCUT2D eigenvalue weighted by Gasteiger charge is -2.26. The molecule has 0 radical (unpaired) electrons. The number of rotatable bonds is 12. The number of pyridine rings is 2. The molecule has 4 nitrogen and oxygen atoms in total. The molecule has 0 unspecified atom stereocenters. The second-order valence-corrected chi connectivity index (χ2v) is 23.0. The third-order valence-electron chi connectivity index (χ3n) is 12.0. The molecule has 9 aromatic rings. The fourth-order valence-corrected chi connectivity index (χ4v) is 14.2. The number of benzene rings is 7. The van der Waals surface area contributed by atoms with Gasteiger partial charge in [0.25, 0.3) is 0 Å². The van der Waals surface area contributed by atoms with E-state index in [-0.39, 0.29) is 60.5 Å². The fraction of sp³-hybridized carbons (Fsp3) is 0.0545. The topological polar surface area (TPSA) is 38.2 Å². The maximum Gasteiger partial charge on any atom is 0.135 e. The predicted molar refractivity (Wildman–Crippen MR) is 322 cm³/mol. The van der Waals surface area contributed by atoms with Gasteiger partial charge < -0.3 is 9.64 Å². The van der Waals surface area contributed by atoms with E-state index in [4.69, 9.17) is 200 Å². The van der Waals surface area contributed by atoms with Crippen molar-refractivity contribution in [2.45, 2.75) is 11.8 Å². The Balaban J connectivity index is 1.08. The summed E-state index contributed by atoms with van der Waals surface area (Å²) >= 11 is 109. The van der Waals surface area contributed by atoms with Gasteiger partial charge in [0, 0.05) is 144 Å². The number of halogens is 16. The minimum absolute atomic E-state index is 0.0490. The molecule has 380 valence electrons. The summed E-state index contributed by atoms with van der Waals surface area (Å²) in [4.78, 5) is 11.7. The quantitative estimate of drug-likeness (QED) is 0.114. The average molecular weight is 1310 g/mol. The summed E-state index contributed by atoms with van der Waals surface area (Å²) in [5.74, 6) is -1.09. The van der Waals surface area contributed by atoms with Gasteiger partial charge in [0.1, 0.15) is 16.1 Å². The lowest BCUT2D eigenvalue weighted by molar-refractivity contribution is 0.415. The molecule has 0 spiro atoms. The molecule has 0 bridgehead atoms. The molecule has 9 rings (SSSR count). The largest absolute Gasteiger partial charge is 0.497 e. The van der Waals surface area contributed by atoms with Gasteiger partial charge in [-0.2, -0.15) is 0 Å². The fourth-order valence-electron chi connectivity index (χ4n) is 8.72. The Morgan fingerprint density at radius 3 is 0.800 bits per heavy atom. The molecule has 0 aliphatic heterocycles. The molecule has 7 aromatic carbocycles. The van der Waals surface area contributed by atoms with E-state index in [0.717, 1.165) is 17.1 Å². The first-order valence-corrected chi connectivity index (χ1v) is 27.7. The molecule has 0 aliphatic carbocycles. The van der Waals surface area contributed by atoms with Crippen LogP contribution in [-0.2, 0) is 0 Å². The van der Waals surface area contributed by atoms with Crippen LogP contribution >= 0.6 is 186 Å². The zero-order valence-corrected chi connectivity index (χ0v) is 49.7. The summed E-state index contributed by atoms with van der Waals surface area (Å²) in [5, 5.41) is 3.67. The summed E-state index contributed by atoms with van der Waals surface area (Å²) in [6, 6.07) is 38.9. The molecule has 2 aromatic heterocycles. The highest BCUT2D eigenvalue weighted by Crippen LogP contribution is 2.53. The summed E-state index contributed by atoms with van der Waals surface area (Å²) < 4.78 is 5.49. The van der Waals surface area contributed by atoms with Crippen molar-refractivity contribution >= 4 is 203 Å². The third-order valence-corrected chi connectivity index (χ3v) is 16.6. The van der Waals surface area contributed by atoms with Gasteiger partial charge in [-0.3, -0.25) is 0 Å². The van der Waals surface area contributed by atoms with Crippen LogP contribution in [0.4, 0.5) is 17.1 Å². The maximum absolute atomic E-state index is 7.18. The third kappa shape index (κ3) is 11.9. The van der Waals surface area contributed by atoms with Gasteiger partial charge in [0.2, 0.25) is 0 Å².